The number of nitrogens with zero attached hydrogens (tertiary/aromatic N) is 1. The highest BCUT2D eigenvalue weighted by Crippen LogP contribution is 2.49. The standard InChI is InChI=1S/C18H32N2O/c1-13(2)19-11-15-4-3-7-20(12-15)18(21)10-17-9-14-5-6-16(17)8-14/h13-17,19H,3-12H2,1-2H3. The SMILES string of the molecule is CC(C)NCC1CCCN(C(=O)CC2CC3CCC2C3)C1. The van der Waals surface area contributed by atoms with Crippen LogP contribution in [0, 0.1) is 23.7 Å². The van der Waals surface area contributed by atoms with Crippen LogP contribution in [0.25, 0.3) is 0 Å². The van der Waals surface area contributed by atoms with Crippen molar-refractivity contribution in [3.05, 3.63) is 0 Å². The minimum atomic E-state index is 0.446. The molecule has 1 heterocycles. The number of likely N-dealkylation sites (tertiary alicyclic amines) is 1. The molecule has 3 aliphatic rings. The average Bonchev–Trinajstić information content (AvgIpc) is 3.08. The number of carbonyl (C=O) groups is 1. The van der Waals surface area contributed by atoms with Crippen LogP contribution in [-0.4, -0.2) is 36.5 Å². The molecule has 2 saturated carbocycles. The van der Waals surface area contributed by atoms with Crippen molar-refractivity contribution in [2.24, 2.45) is 23.7 Å². The van der Waals surface area contributed by atoms with E-state index in [9.17, 15) is 4.79 Å². The zero-order chi connectivity index (χ0) is 14.8. The number of nitrogens with one attached hydrogen (secondary N) is 1. The monoisotopic (exact) mass is 292 g/mol. The Morgan fingerprint density at radius 1 is 1.24 bits per heavy atom. The highest BCUT2D eigenvalue weighted by Gasteiger charge is 2.40. The van der Waals surface area contributed by atoms with E-state index in [4.69, 9.17) is 0 Å². The van der Waals surface area contributed by atoms with Gasteiger partial charge in [0.25, 0.3) is 0 Å². The maximum absolute atomic E-state index is 12.6. The number of fused-ring (bicyclic) bond motifs is 2. The van der Waals surface area contributed by atoms with Crippen LogP contribution in [0.4, 0.5) is 0 Å². The Bertz CT molecular complexity index is 368. The van der Waals surface area contributed by atoms with Crippen LogP contribution in [0.5, 0.6) is 0 Å². The molecule has 1 N–H and O–H groups in total. The second kappa shape index (κ2) is 6.68. The predicted octanol–water partition coefficient (Wildman–Crippen LogP) is 3.05. The quantitative estimate of drug-likeness (QED) is 0.844. The smallest absolute Gasteiger partial charge is 0.222 e. The van der Waals surface area contributed by atoms with Crippen LogP contribution in [0.3, 0.4) is 0 Å². The molecule has 2 bridgehead atoms. The first kappa shape index (κ1) is 15.3. The Morgan fingerprint density at radius 2 is 2.10 bits per heavy atom. The van der Waals surface area contributed by atoms with E-state index in [1.165, 1.54) is 38.5 Å². The lowest BCUT2D eigenvalue weighted by Gasteiger charge is -2.34. The van der Waals surface area contributed by atoms with E-state index in [0.29, 0.717) is 23.8 Å². The van der Waals surface area contributed by atoms with E-state index in [1.54, 1.807) is 0 Å². The summed E-state index contributed by atoms with van der Waals surface area (Å²) in [7, 11) is 0. The van der Waals surface area contributed by atoms with Crippen molar-refractivity contribution in [3.63, 3.8) is 0 Å². The normalized spacial score (nSPS) is 35.7. The first-order valence-corrected chi connectivity index (χ1v) is 9.13. The molecule has 1 saturated heterocycles. The first-order valence-electron chi connectivity index (χ1n) is 9.13. The molecule has 4 atom stereocenters. The minimum absolute atomic E-state index is 0.446. The van der Waals surface area contributed by atoms with Crippen LogP contribution in [0.15, 0.2) is 0 Å². The van der Waals surface area contributed by atoms with Gasteiger partial charge in [0.05, 0.1) is 0 Å². The third-order valence-electron chi connectivity index (χ3n) is 6.01. The minimum Gasteiger partial charge on any atom is -0.342 e. The fourth-order valence-corrected chi connectivity index (χ4v) is 4.84. The van der Waals surface area contributed by atoms with E-state index >= 15 is 0 Å². The Morgan fingerprint density at radius 3 is 2.76 bits per heavy atom. The Kier molecular flexibility index (Phi) is 4.88. The van der Waals surface area contributed by atoms with Crippen molar-refractivity contribution in [2.75, 3.05) is 19.6 Å². The maximum atomic E-state index is 12.6. The summed E-state index contributed by atoms with van der Waals surface area (Å²) in [6.45, 7) is 7.44. The fourth-order valence-electron chi connectivity index (χ4n) is 4.84. The van der Waals surface area contributed by atoms with Gasteiger partial charge in [0, 0.05) is 25.6 Å². The molecule has 21 heavy (non-hydrogen) atoms. The molecule has 1 aliphatic heterocycles. The van der Waals surface area contributed by atoms with Crippen molar-refractivity contribution in [1.29, 1.82) is 0 Å². The molecule has 3 rings (SSSR count). The molecule has 0 aromatic heterocycles. The third-order valence-corrected chi connectivity index (χ3v) is 6.01. The lowest BCUT2D eigenvalue weighted by atomic mass is 9.85. The van der Waals surface area contributed by atoms with Gasteiger partial charge in [-0.15, -0.1) is 0 Å². The van der Waals surface area contributed by atoms with Gasteiger partial charge in [0.1, 0.15) is 0 Å². The van der Waals surface area contributed by atoms with Crippen molar-refractivity contribution < 1.29 is 4.79 Å². The van der Waals surface area contributed by atoms with E-state index in [1.807, 2.05) is 0 Å². The second-order valence-electron chi connectivity index (χ2n) is 8.05. The Hall–Kier alpha value is -0.570. The third kappa shape index (κ3) is 3.80. The summed E-state index contributed by atoms with van der Waals surface area (Å²) in [6, 6.07) is 0.546. The zero-order valence-electron chi connectivity index (χ0n) is 13.8. The molecule has 0 spiro atoms. The second-order valence-corrected chi connectivity index (χ2v) is 8.05. The van der Waals surface area contributed by atoms with Crippen LogP contribution in [0.2, 0.25) is 0 Å². The average molecular weight is 292 g/mol. The van der Waals surface area contributed by atoms with E-state index in [0.717, 1.165) is 37.9 Å². The van der Waals surface area contributed by atoms with E-state index in [-0.39, 0.29) is 0 Å². The van der Waals surface area contributed by atoms with Gasteiger partial charge in [-0.25, -0.2) is 0 Å². The van der Waals surface area contributed by atoms with Crippen LogP contribution >= 0.6 is 0 Å². The number of carbonyl (C=O) groups excluding carboxylic acids is 1. The van der Waals surface area contributed by atoms with Crippen molar-refractivity contribution in [3.8, 4) is 0 Å². The molecule has 4 unspecified atom stereocenters. The number of amides is 1. The van der Waals surface area contributed by atoms with Gasteiger partial charge >= 0.3 is 0 Å². The Balaban J connectivity index is 1.45. The molecular weight excluding hydrogens is 260 g/mol. The van der Waals surface area contributed by atoms with Gasteiger partial charge in [0.2, 0.25) is 5.91 Å². The molecule has 120 valence electrons. The maximum Gasteiger partial charge on any atom is 0.222 e. The summed E-state index contributed by atoms with van der Waals surface area (Å²) < 4.78 is 0. The van der Waals surface area contributed by atoms with Crippen LogP contribution in [0.1, 0.15) is 58.8 Å². The Labute approximate surface area is 129 Å². The summed E-state index contributed by atoms with van der Waals surface area (Å²) in [5.74, 6) is 3.65. The van der Waals surface area contributed by atoms with Gasteiger partial charge in [-0.1, -0.05) is 20.3 Å². The molecule has 0 aromatic carbocycles. The van der Waals surface area contributed by atoms with Crippen LogP contribution in [-0.2, 0) is 4.79 Å². The lowest BCUT2D eigenvalue weighted by Crippen LogP contribution is -2.44. The molecule has 3 fully saturated rings. The van der Waals surface area contributed by atoms with Gasteiger partial charge in [-0.2, -0.15) is 0 Å². The fraction of sp³-hybridized carbons (Fsp3) is 0.944. The summed E-state index contributed by atoms with van der Waals surface area (Å²) >= 11 is 0. The molecule has 3 nitrogen and oxygen atoms in total. The number of rotatable bonds is 5. The van der Waals surface area contributed by atoms with E-state index < -0.39 is 0 Å². The van der Waals surface area contributed by atoms with Gasteiger partial charge < -0.3 is 10.2 Å². The largest absolute Gasteiger partial charge is 0.342 e. The summed E-state index contributed by atoms with van der Waals surface area (Å²) in [4.78, 5) is 14.8. The zero-order valence-corrected chi connectivity index (χ0v) is 13.8. The highest BCUT2D eigenvalue weighted by molar-refractivity contribution is 5.76. The molecule has 0 aromatic rings. The molecule has 2 aliphatic carbocycles. The molecule has 3 heteroatoms. The summed E-state index contributed by atoms with van der Waals surface area (Å²) in [5.41, 5.74) is 0. The lowest BCUT2D eigenvalue weighted by molar-refractivity contribution is -0.134. The van der Waals surface area contributed by atoms with Gasteiger partial charge in [-0.05, 0) is 62.3 Å². The van der Waals surface area contributed by atoms with Gasteiger partial charge in [-0.3, -0.25) is 4.79 Å². The molecule has 1 amide bonds. The molecule has 0 radical (unpaired) electrons. The number of hydrogen-bond donors (Lipinski definition) is 1. The van der Waals surface area contributed by atoms with Crippen molar-refractivity contribution in [1.82, 2.24) is 10.2 Å². The summed E-state index contributed by atoms with van der Waals surface area (Å²) in [6.07, 6.45) is 8.88. The van der Waals surface area contributed by atoms with Gasteiger partial charge in [0.15, 0.2) is 0 Å². The predicted molar refractivity (Wildman–Crippen MR) is 86.0 cm³/mol. The highest BCUT2D eigenvalue weighted by atomic mass is 16.2. The first-order chi connectivity index (χ1) is 10.1. The van der Waals surface area contributed by atoms with Crippen LogP contribution < -0.4 is 5.32 Å². The summed E-state index contributed by atoms with van der Waals surface area (Å²) in [5, 5.41) is 3.53. The van der Waals surface area contributed by atoms with E-state index in [2.05, 4.69) is 24.1 Å². The number of hydrogen-bond acceptors (Lipinski definition) is 2. The van der Waals surface area contributed by atoms with Crippen molar-refractivity contribution >= 4 is 5.91 Å². The molecular formula is C18H32N2O. The van der Waals surface area contributed by atoms with Crippen molar-refractivity contribution in [2.45, 2.75) is 64.8 Å². The number of piperidine rings is 1. The topological polar surface area (TPSA) is 32.3 Å².